The van der Waals surface area contributed by atoms with Crippen LogP contribution >= 0.6 is 0 Å². The van der Waals surface area contributed by atoms with Crippen molar-refractivity contribution in [2.45, 2.75) is 48.5 Å². The van der Waals surface area contributed by atoms with Crippen LogP contribution in [-0.4, -0.2) is 35.6 Å². The zero-order valence-corrected chi connectivity index (χ0v) is 8.26. The molecule has 7 aliphatic rings. The van der Waals surface area contributed by atoms with Gasteiger partial charge in [-0.3, -0.25) is 0 Å². The van der Waals surface area contributed by atoms with E-state index in [1.54, 1.807) is 0 Å². The molecule has 0 spiro atoms. The van der Waals surface area contributed by atoms with Gasteiger partial charge in [-0.05, 0) is 12.8 Å². The highest BCUT2D eigenvalue weighted by Gasteiger charge is 3.00. The number of fused-ring (bicyclic) bond motifs is 10. The maximum atomic E-state index is 6.38. The molecule has 0 aromatic carbocycles. The van der Waals surface area contributed by atoms with Crippen molar-refractivity contribution in [3.63, 3.8) is 0 Å². The van der Waals surface area contributed by atoms with Gasteiger partial charge < -0.3 is 14.2 Å². The van der Waals surface area contributed by atoms with Crippen LogP contribution in [0.2, 0.25) is 0 Å². The first-order valence-electron chi connectivity index (χ1n) is 6.39. The first-order chi connectivity index (χ1) is 7.38. The monoisotopic (exact) mass is 204 g/mol. The zero-order chi connectivity index (χ0) is 9.15. The number of epoxide rings is 3. The van der Waals surface area contributed by atoms with Crippen LogP contribution in [-0.2, 0) is 14.2 Å². The summed E-state index contributed by atoms with van der Waals surface area (Å²) in [4.78, 5) is 0. The number of hydrogen-bond donors (Lipinski definition) is 0. The Balaban J connectivity index is 1.57. The Kier molecular flexibility index (Phi) is 0.604. The van der Waals surface area contributed by atoms with Gasteiger partial charge in [0.05, 0.1) is 24.4 Å². The van der Waals surface area contributed by atoms with Crippen LogP contribution < -0.4 is 0 Å². The third-order valence-electron chi connectivity index (χ3n) is 6.84. The third-order valence-corrected chi connectivity index (χ3v) is 6.84. The molecule has 3 heterocycles. The maximum absolute atomic E-state index is 6.38. The van der Waals surface area contributed by atoms with Crippen LogP contribution in [0.15, 0.2) is 0 Å². The van der Waals surface area contributed by atoms with Gasteiger partial charge in [0.1, 0.15) is 11.2 Å². The van der Waals surface area contributed by atoms with Crippen LogP contribution in [0, 0.1) is 23.7 Å². The molecule has 7 rings (SSSR count). The van der Waals surface area contributed by atoms with Gasteiger partial charge >= 0.3 is 0 Å². The highest BCUT2D eigenvalue weighted by Crippen LogP contribution is 2.88. The third kappa shape index (κ3) is 0.369. The summed E-state index contributed by atoms with van der Waals surface area (Å²) in [6.45, 7) is 0. The fourth-order valence-corrected chi connectivity index (χ4v) is 6.59. The molecule has 3 aliphatic heterocycles. The lowest BCUT2D eigenvalue weighted by Crippen LogP contribution is -2.44. The van der Waals surface area contributed by atoms with Gasteiger partial charge in [-0.1, -0.05) is 0 Å². The lowest BCUT2D eigenvalue weighted by Gasteiger charge is -2.23. The van der Waals surface area contributed by atoms with Crippen molar-refractivity contribution >= 4 is 0 Å². The molecule has 3 saturated heterocycles. The molecule has 0 N–H and O–H groups in total. The lowest BCUT2D eigenvalue weighted by molar-refractivity contribution is 0.0135. The minimum atomic E-state index is 0.262. The molecule has 10 atom stereocenters. The van der Waals surface area contributed by atoms with Gasteiger partial charge in [0.25, 0.3) is 0 Å². The Hall–Kier alpha value is -0.120. The molecule has 4 aliphatic carbocycles. The van der Waals surface area contributed by atoms with Crippen LogP contribution in [0.1, 0.15) is 12.8 Å². The molecule has 0 radical (unpaired) electrons. The Morgan fingerprint density at radius 2 is 1.07 bits per heavy atom. The van der Waals surface area contributed by atoms with E-state index in [9.17, 15) is 0 Å². The summed E-state index contributed by atoms with van der Waals surface area (Å²) in [7, 11) is 0. The minimum Gasteiger partial charge on any atom is -0.369 e. The van der Waals surface area contributed by atoms with E-state index >= 15 is 0 Å². The molecule has 4 bridgehead atoms. The summed E-state index contributed by atoms with van der Waals surface area (Å²) in [5, 5.41) is 0. The van der Waals surface area contributed by atoms with E-state index in [0.29, 0.717) is 24.4 Å². The van der Waals surface area contributed by atoms with Crippen molar-refractivity contribution in [2.75, 3.05) is 0 Å². The Morgan fingerprint density at radius 3 is 1.47 bits per heavy atom. The number of rotatable bonds is 0. The van der Waals surface area contributed by atoms with Crippen LogP contribution in [0.4, 0.5) is 0 Å². The Bertz CT molecular complexity index is 378. The van der Waals surface area contributed by atoms with Gasteiger partial charge in [0.15, 0.2) is 0 Å². The summed E-state index contributed by atoms with van der Waals surface area (Å²) in [6.07, 6.45) is 5.15. The van der Waals surface area contributed by atoms with Crippen molar-refractivity contribution in [3.05, 3.63) is 0 Å². The standard InChI is InChI=1S/C12H12O3/c1-3-7-8(13-7)4(1)12-6-2-5(9-10(6)14-9)11(3,12)15-12/h3-10H,1-2H2/t3-,4-,5-,6+,7-,8-,9-,10-,11?,12?/m1/s1. The molecule has 3 heteroatoms. The van der Waals surface area contributed by atoms with Crippen LogP contribution in [0.3, 0.4) is 0 Å². The molecule has 0 aromatic rings. The molecule has 0 aromatic heterocycles. The van der Waals surface area contributed by atoms with E-state index in [1.165, 1.54) is 12.8 Å². The van der Waals surface area contributed by atoms with Crippen LogP contribution in [0.25, 0.3) is 0 Å². The number of ether oxygens (including phenoxy) is 3. The SMILES string of the molecule is C1[C@@H]2[C@H]3O[C@@H]3[C@@H]1C13OC21[C@@H]1C[C@H]3[C@H]2O[C@@H]21. The number of hydrogen-bond acceptors (Lipinski definition) is 3. The maximum Gasteiger partial charge on any atom is 0.109 e. The average Bonchev–Trinajstić information content (AvgIpc) is 3.20. The van der Waals surface area contributed by atoms with Gasteiger partial charge in [0, 0.05) is 23.7 Å². The molecule has 0 amide bonds. The van der Waals surface area contributed by atoms with E-state index < -0.39 is 0 Å². The van der Waals surface area contributed by atoms with Crippen molar-refractivity contribution < 1.29 is 14.2 Å². The fraction of sp³-hybridized carbons (Fsp3) is 1.00. The van der Waals surface area contributed by atoms with E-state index in [2.05, 4.69) is 0 Å². The van der Waals surface area contributed by atoms with Gasteiger partial charge in [0.2, 0.25) is 0 Å². The van der Waals surface area contributed by atoms with Crippen molar-refractivity contribution in [3.8, 4) is 0 Å². The van der Waals surface area contributed by atoms with Crippen molar-refractivity contribution in [1.29, 1.82) is 0 Å². The second-order valence-electron chi connectivity index (χ2n) is 6.72. The van der Waals surface area contributed by atoms with Gasteiger partial charge in [-0.15, -0.1) is 0 Å². The zero-order valence-electron chi connectivity index (χ0n) is 8.26. The second-order valence-corrected chi connectivity index (χ2v) is 6.72. The first-order valence-corrected chi connectivity index (χ1v) is 6.39. The molecule has 78 valence electrons. The van der Waals surface area contributed by atoms with Crippen LogP contribution in [0.5, 0.6) is 0 Å². The van der Waals surface area contributed by atoms with Gasteiger partial charge in [-0.25, -0.2) is 0 Å². The molecule has 3 nitrogen and oxygen atoms in total. The minimum absolute atomic E-state index is 0.262. The summed E-state index contributed by atoms with van der Waals surface area (Å²) in [6, 6.07) is 0. The lowest BCUT2D eigenvalue weighted by atomic mass is 9.71. The quantitative estimate of drug-likeness (QED) is 0.534. The molecular formula is C12H12O3. The summed E-state index contributed by atoms with van der Waals surface area (Å²) in [5.41, 5.74) is 0.523. The summed E-state index contributed by atoms with van der Waals surface area (Å²) in [5.74, 6) is 2.97. The molecular weight excluding hydrogens is 192 g/mol. The summed E-state index contributed by atoms with van der Waals surface area (Å²) < 4.78 is 18.0. The van der Waals surface area contributed by atoms with E-state index in [0.717, 1.165) is 23.7 Å². The van der Waals surface area contributed by atoms with E-state index in [4.69, 9.17) is 14.2 Å². The average molecular weight is 204 g/mol. The predicted octanol–water partition coefficient (Wildman–Crippen LogP) is 0.328. The highest BCUT2D eigenvalue weighted by molar-refractivity contribution is 5.47. The van der Waals surface area contributed by atoms with Crippen molar-refractivity contribution in [1.82, 2.24) is 0 Å². The predicted molar refractivity (Wildman–Crippen MR) is 47.1 cm³/mol. The Labute approximate surface area is 87.1 Å². The first kappa shape index (κ1) is 6.58. The topological polar surface area (TPSA) is 37.6 Å². The van der Waals surface area contributed by atoms with E-state index in [1.807, 2.05) is 0 Å². The van der Waals surface area contributed by atoms with E-state index in [-0.39, 0.29) is 11.2 Å². The largest absolute Gasteiger partial charge is 0.369 e. The molecule has 2 unspecified atom stereocenters. The molecule has 7 fully saturated rings. The Morgan fingerprint density at radius 1 is 0.667 bits per heavy atom. The highest BCUT2D eigenvalue weighted by atomic mass is 16.7. The van der Waals surface area contributed by atoms with Gasteiger partial charge in [-0.2, -0.15) is 0 Å². The molecule has 4 saturated carbocycles. The molecule has 15 heavy (non-hydrogen) atoms. The normalized spacial score (nSPS) is 91.2. The summed E-state index contributed by atoms with van der Waals surface area (Å²) >= 11 is 0. The van der Waals surface area contributed by atoms with Crippen molar-refractivity contribution in [2.24, 2.45) is 23.7 Å². The smallest absolute Gasteiger partial charge is 0.109 e. The second kappa shape index (κ2) is 1.38. The fourth-order valence-electron chi connectivity index (χ4n) is 6.59.